The van der Waals surface area contributed by atoms with Gasteiger partial charge in [-0.3, -0.25) is 19.7 Å². The lowest BCUT2D eigenvalue weighted by Gasteiger charge is -2.41. The summed E-state index contributed by atoms with van der Waals surface area (Å²) >= 11 is 0. The van der Waals surface area contributed by atoms with E-state index < -0.39 is 12.2 Å². The Hall–Kier alpha value is -4.30. The first-order valence-corrected chi connectivity index (χ1v) is 18.4. The zero-order chi connectivity index (χ0) is 36.1. The highest BCUT2D eigenvalue weighted by Gasteiger charge is 2.37. The molecular formula is C37H51BN6O7. The Bertz CT molecular complexity index is 1570. The smallest absolute Gasteiger partial charge is 0.410 e. The number of carbonyl (C=O) groups excluding carboxylic acids is 4. The highest BCUT2D eigenvalue weighted by atomic mass is 16.6. The lowest BCUT2D eigenvalue weighted by atomic mass is 9.78. The summed E-state index contributed by atoms with van der Waals surface area (Å²) < 4.78 is 6.03. The molecule has 2 aromatic rings. The molecule has 51 heavy (non-hydrogen) atoms. The van der Waals surface area contributed by atoms with Crippen molar-refractivity contribution in [1.82, 2.24) is 24.7 Å². The topological polar surface area (TPSA) is 146 Å². The summed E-state index contributed by atoms with van der Waals surface area (Å²) in [5.74, 6) is 0.659. The zero-order valence-corrected chi connectivity index (χ0v) is 29.8. The minimum absolute atomic E-state index is 0.000896. The minimum Gasteiger partial charge on any atom is -0.509 e. The van der Waals surface area contributed by atoms with Crippen molar-refractivity contribution in [2.75, 3.05) is 64.7 Å². The molecule has 1 atom stereocenters. The number of urea groups is 1. The van der Waals surface area contributed by atoms with Crippen LogP contribution in [0.2, 0.25) is 0 Å². The van der Waals surface area contributed by atoms with Crippen molar-refractivity contribution in [3.8, 4) is 5.75 Å². The molecule has 0 aliphatic carbocycles. The summed E-state index contributed by atoms with van der Waals surface area (Å²) in [6.45, 7) is 4.48. The number of phenolic OH excluding ortho intramolecular Hbond substituents is 1. The number of phenols is 1. The molecule has 4 heterocycles. The van der Waals surface area contributed by atoms with Gasteiger partial charge in [-0.25, -0.2) is 14.7 Å². The molecule has 0 spiro atoms. The Morgan fingerprint density at radius 1 is 0.922 bits per heavy atom. The van der Waals surface area contributed by atoms with Crippen LogP contribution in [0.25, 0.3) is 0 Å². The molecule has 13 nitrogen and oxygen atoms in total. The van der Waals surface area contributed by atoms with Gasteiger partial charge in [0.25, 0.3) is 11.8 Å². The van der Waals surface area contributed by atoms with Crippen LogP contribution in [0.15, 0.2) is 42.5 Å². The summed E-state index contributed by atoms with van der Waals surface area (Å²) in [5, 5.41) is 23.2. The highest BCUT2D eigenvalue weighted by Crippen LogP contribution is 2.33. The van der Waals surface area contributed by atoms with Gasteiger partial charge >= 0.3 is 12.1 Å². The van der Waals surface area contributed by atoms with Gasteiger partial charge in [-0.1, -0.05) is 30.3 Å². The molecule has 0 unspecified atom stereocenters. The lowest BCUT2D eigenvalue weighted by molar-refractivity contribution is -0.160. The van der Waals surface area contributed by atoms with Gasteiger partial charge in [-0.05, 0) is 98.6 Å². The van der Waals surface area contributed by atoms with E-state index in [9.17, 15) is 29.5 Å². The molecule has 4 aliphatic rings. The first-order valence-electron chi connectivity index (χ1n) is 18.4. The molecule has 4 aliphatic heterocycles. The number of amides is 5. The van der Waals surface area contributed by atoms with Gasteiger partial charge in [-0.15, -0.1) is 0 Å². The molecule has 3 fully saturated rings. The van der Waals surface area contributed by atoms with E-state index in [1.54, 1.807) is 24.9 Å². The number of hydrogen-bond donors (Lipinski definition) is 3. The Balaban J connectivity index is 1.03. The third-order valence-electron chi connectivity index (χ3n) is 11.4. The summed E-state index contributed by atoms with van der Waals surface area (Å²) in [4.78, 5) is 60.1. The molecule has 0 saturated carbocycles. The number of carbonyl (C=O) groups is 4. The number of para-hydroxylation sites is 1. The number of likely N-dealkylation sites (N-methyl/N-ethyl adjacent to an activating group) is 1. The number of aromatic hydroxyl groups is 1. The van der Waals surface area contributed by atoms with E-state index in [-0.39, 0.29) is 42.6 Å². The van der Waals surface area contributed by atoms with Gasteiger partial charge in [-0.2, -0.15) is 0 Å². The van der Waals surface area contributed by atoms with Crippen LogP contribution in [-0.4, -0.2) is 138 Å². The maximum absolute atomic E-state index is 14.0. The highest BCUT2D eigenvalue weighted by molar-refractivity contribution is 6.34. The Morgan fingerprint density at radius 2 is 1.57 bits per heavy atom. The maximum atomic E-state index is 14.0. The maximum Gasteiger partial charge on any atom is 0.410 e. The molecule has 0 radical (unpaired) electrons. The van der Waals surface area contributed by atoms with E-state index in [1.165, 1.54) is 7.05 Å². The second-order valence-corrected chi connectivity index (χ2v) is 14.6. The molecule has 0 bridgehead atoms. The van der Waals surface area contributed by atoms with Crippen molar-refractivity contribution in [3.05, 3.63) is 53.6 Å². The first-order chi connectivity index (χ1) is 24.5. The third kappa shape index (κ3) is 8.96. The second-order valence-electron chi connectivity index (χ2n) is 14.6. The summed E-state index contributed by atoms with van der Waals surface area (Å²) in [6, 6.07) is 12.9. The zero-order valence-electron chi connectivity index (χ0n) is 29.8. The van der Waals surface area contributed by atoms with Crippen molar-refractivity contribution in [2.24, 2.45) is 11.8 Å². The van der Waals surface area contributed by atoms with Crippen LogP contribution in [0.3, 0.4) is 0 Å². The first kappa shape index (κ1) is 36.5. The molecule has 5 amide bonds. The number of ether oxygens (including phenoxy) is 1. The minimum atomic E-state index is -1.00. The summed E-state index contributed by atoms with van der Waals surface area (Å²) in [6.07, 6.45) is 4.39. The summed E-state index contributed by atoms with van der Waals surface area (Å²) in [5.41, 5.74) is 3.45. The molecule has 6 rings (SSSR count). The number of fused-ring (bicyclic) bond motifs is 1. The SMILES string of the molecule is Bc1cc(C[C@@H](OC(=O)N2CCC(N3CCc4ccccc4NC3=O)CC2)C(=O)N2CCC(C3CCN(CC(=O)N(C)O)CC3)CC2)ccc1O. The van der Waals surface area contributed by atoms with E-state index >= 15 is 0 Å². The molecular weight excluding hydrogens is 651 g/mol. The van der Waals surface area contributed by atoms with Crippen LogP contribution in [0, 0.1) is 11.8 Å². The Labute approximate surface area is 300 Å². The number of likely N-dealkylation sites (tertiary alicyclic amines) is 3. The standard InChI is InChI=1S/C37H51BN6O7/c1-40(50)34(46)24-41-15-8-26(9-16-41)27-10-17-42(18-11-27)35(47)33(23-25-6-7-32(45)30(38)22-25)51-37(49)43-19-13-29(14-20-43)44-21-12-28-4-2-3-5-31(28)39-36(44)48/h2-7,22,26-27,29,33,45,50H,8-21,23-24,38H2,1H3,(H,39,48)/t33-/m1/s1. The number of anilines is 1. The van der Waals surface area contributed by atoms with E-state index in [1.807, 2.05) is 40.1 Å². The third-order valence-corrected chi connectivity index (χ3v) is 11.4. The molecule has 0 aromatic heterocycles. The van der Waals surface area contributed by atoms with Crippen molar-refractivity contribution in [1.29, 1.82) is 0 Å². The largest absolute Gasteiger partial charge is 0.509 e. The van der Waals surface area contributed by atoms with E-state index in [4.69, 9.17) is 4.74 Å². The molecule has 3 N–H and O–H groups in total. The van der Waals surface area contributed by atoms with Crippen molar-refractivity contribution >= 4 is 42.9 Å². The number of piperidine rings is 3. The fourth-order valence-electron chi connectivity index (χ4n) is 8.20. The van der Waals surface area contributed by atoms with Gasteiger partial charge in [0.05, 0.1) is 6.54 Å². The van der Waals surface area contributed by atoms with E-state index in [0.29, 0.717) is 67.9 Å². The van der Waals surface area contributed by atoms with Gasteiger partial charge in [0.2, 0.25) is 0 Å². The predicted molar refractivity (Wildman–Crippen MR) is 194 cm³/mol. The lowest BCUT2D eigenvalue weighted by Crippen LogP contribution is -2.52. The normalized spacial score (nSPS) is 20.3. The van der Waals surface area contributed by atoms with Crippen LogP contribution in [0.1, 0.15) is 49.7 Å². The number of hydroxylamine groups is 2. The average Bonchev–Trinajstić information content (AvgIpc) is 3.31. The van der Waals surface area contributed by atoms with Gasteiger partial charge < -0.3 is 29.9 Å². The van der Waals surface area contributed by atoms with Crippen molar-refractivity contribution in [3.63, 3.8) is 0 Å². The van der Waals surface area contributed by atoms with Crippen molar-refractivity contribution in [2.45, 2.75) is 63.5 Å². The monoisotopic (exact) mass is 702 g/mol. The van der Waals surface area contributed by atoms with Crippen LogP contribution < -0.4 is 10.8 Å². The fourth-order valence-corrected chi connectivity index (χ4v) is 8.20. The number of benzene rings is 2. The average molecular weight is 703 g/mol. The van der Waals surface area contributed by atoms with Crippen LogP contribution >= 0.6 is 0 Å². The van der Waals surface area contributed by atoms with E-state index in [0.717, 1.165) is 62.0 Å². The number of hydrogen-bond acceptors (Lipinski definition) is 8. The fraction of sp³-hybridized carbons (Fsp3) is 0.568. The van der Waals surface area contributed by atoms with Gasteiger partial charge in [0.1, 0.15) is 13.6 Å². The summed E-state index contributed by atoms with van der Waals surface area (Å²) in [7, 11) is 3.15. The van der Waals surface area contributed by atoms with Gasteiger partial charge in [0.15, 0.2) is 6.10 Å². The van der Waals surface area contributed by atoms with Gasteiger partial charge in [0, 0.05) is 57.9 Å². The Morgan fingerprint density at radius 3 is 2.24 bits per heavy atom. The predicted octanol–water partition coefficient (Wildman–Crippen LogP) is 2.05. The quantitative estimate of drug-likeness (QED) is 0.216. The van der Waals surface area contributed by atoms with Crippen LogP contribution in [0.5, 0.6) is 5.75 Å². The Kier molecular flexibility index (Phi) is 11.7. The number of rotatable bonds is 8. The number of nitrogens with zero attached hydrogens (tertiary/aromatic N) is 5. The second kappa shape index (κ2) is 16.4. The van der Waals surface area contributed by atoms with Crippen LogP contribution in [-0.2, 0) is 27.2 Å². The molecule has 274 valence electrons. The molecule has 3 saturated heterocycles. The number of nitrogens with one attached hydrogen (secondary N) is 1. The van der Waals surface area contributed by atoms with Crippen LogP contribution in [0.4, 0.5) is 15.3 Å². The molecule has 14 heteroatoms. The van der Waals surface area contributed by atoms with Crippen molar-refractivity contribution < 1.29 is 34.2 Å². The molecule has 2 aromatic carbocycles. The van der Waals surface area contributed by atoms with E-state index in [2.05, 4.69) is 10.2 Å².